The van der Waals surface area contributed by atoms with Crippen LogP contribution in [0.3, 0.4) is 0 Å². The van der Waals surface area contributed by atoms with Crippen molar-refractivity contribution in [2.45, 2.75) is 32.4 Å². The molecule has 4 heterocycles. The molecule has 1 aliphatic rings. The molecule has 1 fully saturated rings. The van der Waals surface area contributed by atoms with Gasteiger partial charge in [0, 0.05) is 33.2 Å². The molecule has 0 saturated carbocycles. The van der Waals surface area contributed by atoms with Crippen LogP contribution in [0.1, 0.15) is 30.0 Å². The fraction of sp³-hybridized carbons (Fsp3) is 0.438. The number of furan rings is 1. The minimum absolute atomic E-state index is 0.0468. The standard InChI is InChI=1S/C16H18N4O3/c1-9-6-12-14(22-9)4-5-17-15(12)20-8-11(21-3)7-13(20)16-19-18-10(2)23-16/h4-6,11,13H,7-8H2,1-3H3/t11-,13-/m1/s1. The number of ether oxygens (including phenoxy) is 1. The molecule has 0 aliphatic carbocycles. The van der Waals surface area contributed by atoms with E-state index in [2.05, 4.69) is 20.1 Å². The van der Waals surface area contributed by atoms with Crippen LogP contribution in [0.2, 0.25) is 0 Å². The first-order chi connectivity index (χ1) is 11.2. The molecule has 23 heavy (non-hydrogen) atoms. The first kappa shape index (κ1) is 14.2. The van der Waals surface area contributed by atoms with E-state index in [9.17, 15) is 0 Å². The zero-order chi connectivity index (χ0) is 16.0. The Hall–Kier alpha value is -2.41. The summed E-state index contributed by atoms with van der Waals surface area (Å²) in [5.41, 5.74) is 0.828. The Kier molecular flexibility index (Phi) is 3.30. The number of aromatic nitrogens is 3. The van der Waals surface area contributed by atoms with Gasteiger partial charge in [-0.3, -0.25) is 0 Å². The summed E-state index contributed by atoms with van der Waals surface area (Å²) in [5, 5.41) is 9.13. The van der Waals surface area contributed by atoms with Crippen molar-refractivity contribution in [3.05, 3.63) is 35.9 Å². The normalized spacial score (nSPS) is 21.4. The monoisotopic (exact) mass is 314 g/mol. The second kappa shape index (κ2) is 5.34. The van der Waals surface area contributed by atoms with Crippen molar-refractivity contribution in [2.75, 3.05) is 18.6 Å². The highest BCUT2D eigenvalue weighted by molar-refractivity contribution is 5.89. The van der Waals surface area contributed by atoms with Crippen LogP contribution in [0.4, 0.5) is 5.82 Å². The number of hydrogen-bond acceptors (Lipinski definition) is 7. The van der Waals surface area contributed by atoms with Crippen LogP contribution in [-0.4, -0.2) is 34.9 Å². The van der Waals surface area contributed by atoms with Gasteiger partial charge >= 0.3 is 0 Å². The van der Waals surface area contributed by atoms with E-state index in [0.717, 1.165) is 35.5 Å². The summed E-state index contributed by atoms with van der Waals surface area (Å²) in [6, 6.07) is 3.84. The molecule has 0 amide bonds. The zero-order valence-electron chi connectivity index (χ0n) is 13.3. The Balaban J connectivity index is 1.80. The van der Waals surface area contributed by atoms with Crippen LogP contribution in [0.15, 0.2) is 27.2 Å². The summed E-state index contributed by atoms with van der Waals surface area (Å²) in [4.78, 5) is 6.74. The second-order valence-corrected chi connectivity index (χ2v) is 5.82. The van der Waals surface area contributed by atoms with Crippen LogP contribution in [0, 0.1) is 13.8 Å². The molecule has 4 rings (SSSR count). The lowest BCUT2D eigenvalue weighted by Gasteiger charge is -2.23. The number of pyridine rings is 1. The fourth-order valence-electron chi connectivity index (χ4n) is 3.19. The number of hydrogen-bond donors (Lipinski definition) is 0. The molecule has 3 aromatic rings. The first-order valence-electron chi connectivity index (χ1n) is 7.60. The maximum absolute atomic E-state index is 5.72. The maximum atomic E-state index is 5.72. The predicted octanol–water partition coefficient (Wildman–Crippen LogP) is 2.79. The summed E-state index contributed by atoms with van der Waals surface area (Å²) in [5.74, 6) is 2.88. The molecule has 1 aliphatic heterocycles. The first-order valence-corrected chi connectivity index (χ1v) is 7.60. The second-order valence-electron chi connectivity index (χ2n) is 5.82. The van der Waals surface area contributed by atoms with Gasteiger partial charge in [-0.15, -0.1) is 10.2 Å². The summed E-state index contributed by atoms with van der Waals surface area (Å²) >= 11 is 0. The molecule has 0 N–H and O–H groups in total. The fourth-order valence-corrected chi connectivity index (χ4v) is 3.19. The molecule has 7 nitrogen and oxygen atoms in total. The van der Waals surface area contributed by atoms with E-state index in [-0.39, 0.29) is 12.1 Å². The van der Waals surface area contributed by atoms with E-state index in [1.54, 1.807) is 20.2 Å². The Morgan fingerprint density at radius 2 is 2.13 bits per heavy atom. The predicted molar refractivity (Wildman–Crippen MR) is 83.3 cm³/mol. The molecule has 0 unspecified atom stereocenters. The molecule has 3 aromatic heterocycles. The van der Waals surface area contributed by atoms with Gasteiger partial charge < -0.3 is 18.5 Å². The third kappa shape index (κ3) is 2.37. The van der Waals surface area contributed by atoms with E-state index in [1.807, 2.05) is 19.1 Å². The number of rotatable bonds is 3. The molecule has 0 spiro atoms. The molecule has 120 valence electrons. The number of anilines is 1. The molecular formula is C16H18N4O3. The number of fused-ring (bicyclic) bond motifs is 1. The van der Waals surface area contributed by atoms with Gasteiger partial charge in [-0.2, -0.15) is 0 Å². The van der Waals surface area contributed by atoms with E-state index in [1.165, 1.54) is 0 Å². The third-order valence-corrected chi connectivity index (χ3v) is 4.24. The molecule has 0 aromatic carbocycles. The third-order valence-electron chi connectivity index (χ3n) is 4.24. The van der Waals surface area contributed by atoms with Crippen LogP contribution < -0.4 is 4.90 Å². The molecular weight excluding hydrogens is 296 g/mol. The largest absolute Gasteiger partial charge is 0.461 e. The van der Waals surface area contributed by atoms with Crippen molar-refractivity contribution in [1.82, 2.24) is 15.2 Å². The summed E-state index contributed by atoms with van der Waals surface area (Å²) in [6.45, 7) is 4.45. The number of nitrogens with zero attached hydrogens (tertiary/aromatic N) is 4. The summed E-state index contributed by atoms with van der Waals surface area (Å²) < 4.78 is 16.9. The molecule has 1 saturated heterocycles. The van der Waals surface area contributed by atoms with E-state index < -0.39 is 0 Å². The summed E-state index contributed by atoms with van der Waals surface area (Å²) in [6.07, 6.45) is 2.64. The van der Waals surface area contributed by atoms with Crippen molar-refractivity contribution in [1.29, 1.82) is 0 Å². The van der Waals surface area contributed by atoms with Crippen molar-refractivity contribution < 1.29 is 13.6 Å². The van der Waals surface area contributed by atoms with E-state index in [4.69, 9.17) is 13.6 Å². The zero-order valence-corrected chi connectivity index (χ0v) is 13.3. The SMILES string of the molecule is CO[C@@H]1C[C@H](c2nnc(C)o2)N(c2nccc3oc(C)cc23)C1. The van der Waals surface area contributed by atoms with Gasteiger partial charge in [0.05, 0.1) is 11.5 Å². The minimum Gasteiger partial charge on any atom is -0.461 e. The quantitative estimate of drug-likeness (QED) is 0.735. The van der Waals surface area contributed by atoms with Gasteiger partial charge in [0.1, 0.15) is 23.2 Å². The van der Waals surface area contributed by atoms with Crippen LogP contribution in [-0.2, 0) is 4.74 Å². The average Bonchev–Trinajstić information content (AvgIpc) is 3.22. The Morgan fingerprint density at radius 3 is 2.87 bits per heavy atom. The Morgan fingerprint density at radius 1 is 1.26 bits per heavy atom. The van der Waals surface area contributed by atoms with E-state index in [0.29, 0.717) is 11.8 Å². The van der Waals surface area contributed by atoms with Crippen LogP contribution in [0.25, 0.3) is 11.0 Å². The van der Waals surface area contributed by atoms with Crippen molar-refractivity contribution >= 4 is 16.8 Å². The van der Waals surface area contributed by atoms with Crippen molar-refractivity contribution in [3.8, 4) is 0 Å². The van der Waals surface area contributed by atoms with Gasteiger partial charge in [0.2, 0.25) is 11.8 Å². The lowest BCUT2D eigenvalue weighted by Crippen LogP contribution is -2.26. The van der Waals surface area contributed by atoms with Crippen LogP contribution >= 0.6 is 0 Å². The van der Waals surface area contributed by atoms with Crippen LogP contribution in [0.5, 0.6) is 0 Å². The Bertz CT molecular complexity index is 841. The number of aryl methyl sites for hydroxylation is 2. The molecule has 0 radical (unpaired) electrons. The van der Waals surface area contributed by atoms with Gasteiger partial charge in [-0.1, -0.05) is 0 Å². The van der Waals surface area contributed by atoms with Gasteiger partial charge in [-0.05, 0) is 19.1 Å². The van der Waals surface area contributed by atoms with Crippen molar-refractivity contribution in [2.24, 2.45) is 0 Å². The van der Waals surface area contributed by atoms with Crippen molar-refractivity contribution in [3.63, 3.8) is 0 Å². The average molecular weight is 314 g/mol. The van der Waals surface area contributed by atoms with Gasteiger partial charge in [-0.25, -0.2) is 4.98 Å². The van der Waals surface area contributed by atoms with E-state index >= 15 is 0 Å². The lowest BCUT2D eigenvalue weighted by atomic mass is 10.2. The topological polar surface area (TPSA) is 77.4 Å². The highest BCUT2D eigenvalue weighted by Gasteiger charge is 2.38. The number of methoxy groups -OCH3 is 1. The highest BCUT2D eigenvalue weighted by atomic mass is 16.5. The molecule has 2 atom stereocenters. The molecule has 0 bridgehead atoms. The molecule has 7 heteroatoms. The smallest absolute Gasteiger partial charge is 0.238 e. The van der Waals surface area contributed by atoms with Gasteiger partial charge in [0.25, 0.3) is 0 Å². The lowest BCUT2D eigenvalue weighted by molar-refractivity contribution is 0.117. The highest BCUT2D eigenvalue weighted by Crippen LogP contribution is 2.39. The summed E-state index contributed by atoms with van der Waals surface area (Å²) in [7, 11) is 1.72. The van der Waals surface area contributed by atoms with Gasteiger partial charge in [0.15, 0.2) is 0 Å². The Labute approximate surface area is 133 Å². The maximum Gasteiger partial charge on any atom is 0.238 e. The minimum atomic E-state index is -0.0468.